The third-order valence-corrected chi connectivity index (χ3v) is 5.67. The van der Waals surface area contributed by atoms with Crippen LogP contribution >= 0.6 is 0 Å². The molecule has 0 aromatic carbocycles. The van der Waals surface area contributed by atoms with E-state index < -0.39 is 5.60 Å². The second kappa shape index (κ2) is 6.26. The van der Waals surface area contributed by atoms with Crippen LogP contribution in [0.25, 0.3) is 0 Å². The third-order valence-electron chi connectivity index (χ3n) is 5.67. The molecule has 0 bridgehead atoms. The number of aromatic amines is 1. The summed E-state index contributed by atoms with van der Waals surface area (Å²) in [5.74, 6) is 0.577. The van der Waals surface area contributed by atoms with Crippen molar-refractivity contribution in [3.05, 3.63) is 47.0 Å². The molecule has 0 saturated carbocycles. The second-order valence-corrected chi connectivity index (χ2v) is 7.44. The summed E-state index contributed by atoms with van der Waals surface area (Å²) in [5.41, 5.74) is 2.72. The van der Waals surface area contributed by atoms with Crippen LogP contribution in [0.5, 0.6) is 0 Å². The molecular formula is C19H24N4O2. The predicted octanol–water partition coefficient (Wildman–Crippen LogP) is 2.05. The van der Waals surface area contributed by atoms with Crippen molar-refractivity contribution in [1.82, 2.24) is 20.1 Å². The van der Waals surface area contributed by atoms with Crippen LogP contribution in [0.2, 0.25) is 0 Å². The quantitative estimate of drug-likeness (QED) is 0.877. The van der Waals surface area contributed by atoms with Crippen LogP contribution in [0, 0.1) is 5.92 Å². The van der Waals surface area contributed by atoms with E-state index in [1.807, 2.05) is 17.0 Å². The average Bonchev–Trinajstić information content (AvgIpc) is 3.05. The Kier molecular flexibility index (Phi) is 4.07. The summed E-state index contributed by atoms with van der Waals surface area (Å²) in [6.45, 7) is 3.28. The van der Waals surface area contributed by atoms with Crippen molar-refractivity contribution in [3.8, 4) is 0 Å². The van der Waals surface area contributed by atoms with E-state index >= 15 is 0 Å². The highest BCUT2D eigenvalue weighted by molar-refractivity contribution is 5.94. The Bertz CT molecular complexity index is 763. The maximum absolute atomic E-state index is 12.9. The average molecular weight is 340 g/mol. The number of rotatable bonds is 2. The molecule has 1 amide bonds. The molecule has 4 rings (SSSR count). The van der Waals surface area contributed by atoms with Gasteiger partial charge in [0.2, 0.25) is 0 Å². The largest absolute Gasteiger partial charge is 0.385 e. The summed E-state index contributed by atoms with van der Waals surface area (Å²) in [6.07, 6.45) is 7.49. The van der Waals surface area contributed by atoms with Crippen molar-refractivity contribution in [3.63, 3.8) is 0 Å². The fraction of sp³-hybridized carbons (Fsp3) is 0.526. The number of amides is 1. The van der Waals surface area contributed by atoms with E-state index in [2.05, 4.69) is 22.1 Å². The Morgan fingerprint density at radius 1 is 1.40 bits per heavy atom. The summed E-state index contributed by atoms with van der Waals surface area (Å²) >= 11 is 0. The molecule has 2 N–H and O–H groups in total. The predicted molar refractivity (Wildman–Crippen MR) is 93.0 cm³/mol. The number of nitrogens with one attached hydrogen (secondary N) is 1. The Balaban J connectivity index is 1.48. The Morgan fingerprint density at radius 3 is 2.92 bits per heavy atom. The fourth-order valence-electron chi connectivity index (χ4n) is 4.00. The van der Waals surface area contributed by atoms with Crippen molar-refractivity contribution >= 4 is 5.91 Å². The van der Waals surface area contributed by atoms with E-state index in [4.69, 9.17) is 0 Å². The highest BCUT2D eigenvalue weighted by atomic mass is 16.3. The number of likely N-dealkylation sites (tertiary alicyclic amines) is 1. The monoisotopic (exact) mass is 340 g/mol. The van der Waals surface area contributed by atoms with E-state index in [0.717, 1.165) is 36.1 Å². The number of nitrogens with zero attached hydrogens (tertiary/aromatic N) is 3. The number of hydrogen-bond donors (Lipinski definition) is 2. The summed E-state index contributed by atoms with van der Waals surface area (Å²) in [4.78, 5) is 18.9. The normalized spacial score (nSPS) is 22.5. The molecule has 2 aliphatic rings. The standard InChI is InChI=1S/C19H24N4O2/c1-13-4-5-16-15(11-13)17(22-21-16)18(24)23-9-6-19(25,7-10-23)14-3-2-8-20-12-14/h2-3,8,12-13,25H,4-7,9-11H2,1H3,(H,21,22)/t13-/m1/s1. The van der Waals surface area contributed by atoms with Crippen LogP contribution in [-0.4, -0.2) is 44.2 Å². The molecule has 0 radical (unpaired) electrons. The molecule has 3 heterocycles. The van der Waals surface area contributed by atoms with Crippen molar-refractivity contribution in [2.75, 3.05) is 13.1 Å². The van der Waals surface area contributed by atoms with Crippen molar-refractivity contribution in [2.24, 2.45) is 5.92 Å². The van der Waals surface area contributed by atoms with Crippen LogP contribution in [-0.2, 0) is 18.4 Å². The van der Waals surface area contributed by atoms with Gasteiger partial charge in [-0.3, -0.25) is 14.9 Å². The number of carbonyl (C=O) groups is 1. The molecule has 0 unspecified atom stereocenters. The number of fused-ring (bicyclic) bond motifs is 1. The molecule has 1 aliphatic heterocycles. The second-order valence-electron chi connectivity index (χ2n) is 7.44. The van der Waals surface area contributed by atoms with Gasteiger partial charge in [0.05, 0.1) is 5.60 Å². The molecule has 6 heteroatoms. The van der Waals surface area contributed by atoms with Crippen molar-refractivity contribution in [2.45, 2.75) is 44.6 Å². The van der Waals surface area contributed by atoms with Gasteiger partial charge in [0.1, 0.15) is 0 Å². The lowest BCUT2D eigenvalue weighted by Crippen LogP contribution is -2.45. The van der Waals surface area contributed by atoms with Gasteiger partial charge in [0, 0.05) is 42.3 Å². The zero-order valence-electron chi connectivity index (χ0n) is 14.5. The number of hydrogen-bond acceptors (Lipinski definition) is 4. The minimum absolute atomic E-state index is 0.0140. The number of aromatic nitrogens is 3. The van der Waals surface area contributed by atoms with E-state index in [1.54, 1.807) is 12.4 Å². The summed E-state index contributed by atoms with van der Waals surface area (Å²) in [7, 11) is 0. The van der Waals surface area contributed by atoms with Crippen LogP contribution < -0.4 is 0 Å². The molecule has 132 valence electrons. The number of pyridine rings is 1. The molecular weight excluding hydrogens is 316 g/mol. The summed E-state index contributed by atoms with van der Waals surface area (Å²) < 4.78 is 0. The first-order chi connectivity index (χ1) is 12.1. The van der Waals surface area contributed by atoms with Gasteiger partial charge in [-0.1, -0.05) is 13.0 Å². The maximum Gasteiger partial charge on any atom is 0.274 e. The number of carbonyl (C=O) groups excluding carboxylic acids is 1. The molecule has 1 atom stereocenters. The lowest BCUT2D eigenvalue weighted by Gasteiger charge is -2.38. The van der Waals surface area contributed by atoms with Gasteiger partial charge < -0.3 is 10.0 Å². The van der Waals surface area contributed by atoms with Crippen molar-refractivity contribution in [1.29, 1.82) is 0 Å². The van der Waals surface area contributed by atoms with Gasteiger partial charge in [0.15, 0.2) is 5.69 Å². The first kappa shape index (κ1) is 16.3. The van der Waals surface area contributed by atoms with Gasteiger partial charge in [-0.25, -0.2) is 0 Å². The zero-order chi connectivity index (χ0) is 17.4. The molecule has 2 aromatic heterocycles. The minimum Gasteiger partial charge on any atom is -0.385 e. The summed E-state index contributed by atoms with van der Waals surface area (Å²) in [6, 6.07) is 3.73. The smallest absolute Gasteiger partial charge is 0.274 e. The number of aryl methyl sites for hydroxylation is 1. The SMILES string of the molecule is C[C@@H]1CCc2[nH]nc(C(=O)N3CCC(O)(c4cccnc4)CC3)c2C1. The Labute approximate surface area is 147 Å². The minimum atomic E-state index is -0.898. The van der Waals surface area contributed by atoms with E-state index in [1.165, 1.54) is 0 Å². The third kappa shape index (κ3) is 2.95. The number of aliphatic hydroxyl groups is 1. The van der Waals surface area contributed by atoms with Gasteiger partial charge in [0.25, 0.3) is 5.91 Å². The van der Waals surface area contributed by atoms with E-state index in [9.17, 15) is 9.90 Å². The lowest BCUT2D eigenvalue weighted by atomic mass is 9.85. The molecule has 1 saturated heterocycles. The number of piperidine rings is 1. The van der Waals surface area contributed by atoms with E-state index in [-0.39, 0.29) is 5.91 Å². The van der Waals surface area contributed by atoms with Crippen LogP contribution in [0.1, 0.15) is 53.5 Å². The number of H-pyrrole nitrogens is 1. The molecule has 0 spiro atoms. The topological polar surface area (TPSA) is 82.1 Å². The lowest BCUT2D eigenvalue weighted by molar-refractivity contribution is -0.0215. The zero-order valence-corrected chi connectivity index (χ0v) is 14.5. The molecule has 2 aromatic rings. The molecule has 1 fully saturated rings. The first-order valence-corrected chi connectivity index (χ1v) is 9.05. The molecule has 6 nitrogen and oxygen atoms in total. The van der Waals surface area contributed by atoms with Gasteiger partial charge >= 0.3 is 0 Å². The highest BCUT2D eigenvalue weighted by Gasteiger charge is 2.37. The van der Waals surface area contributed by atoms with Gasteiger partial charge in [-0.2, -0.15) is 5.10 Å². The van der Waals surface area contributed by atoms with Crippen LogP contribution in [0.4, 0.5) is 0 Å². The summed E-state index contributed by atoms with van der Waals surface area (Å²) in [5, 5.41) is 18.3. The highest BCUT2D eigenvalue weighted by Crippen LogP contribution is 2.33. The van der Waals surface area contributed by atoms with Crippen molar-refractivity contribution < 1.29 is 9.90 Å². The van der Waals surface area contributed by atoms with Gasteiger partial charge in [-0.05, 0) is 44.1 Å². The fourth-order valence-corrected chi connectivity index (χ4v) is 4.00. The Morgan fingerprint density at radius 2 is 2.20 bits per heavy atom. The maximum atomic E-state index is 12.9. The molecule has 1 aliphatic carbocycles. The van der Waals surface area contributed by atoms with Crippen LogP contribution in [0.3, 0.4) is 0 Å². The van der Waals surface area contributed by atoms with Crippen LogP contribution in [0.15, 0.2) is 24.5 Å². The first-order valence-electron chi connectivity index (χ1n) is 9.05. The molecule has 25 heavy (non-hydrogen) atoms. The van der Waals surface area contributed by atoms with Gasteiger partial charge in [-0.15, -0.1) is 0 Å². The van der Waals surface area contributed by atoms with E-state index in [0.29, 0.717) is 37.5 Å². The Hall–Kier alpha value is -2.21.